The molecule has 2 aliphatic carbocycles. The third-order valence-corrected chi connectivity index (χ3v) is 16.3. The van der Waals surface area contributed by atoms with Gasteiger partial charge in [-0.2, -0.15) is 0 Å². The highest BCUT2D eigenvalue weighted by atomic mass is 16.8. The normalized spacial score (nSPS) is 32.2. The van der Waals surface area contributed by atoms with Crippen molar-refractivity contribution in [3.05, 3.63) is 0 Å². The van der Waals surface area contributed by atoms with Gasteiger partial charge in [0.15, 0.2) is 0 Å². The van der Waals surface area contributed by atoms with Crippen LogP contribution in [0.2, 0.25) is 0 Å². The number of rotatable bonds is 27. The van der Waals surface area contributed by atoms with Crippen molar-refractivity contribution in [1.82, 2.24) is 0 Å². The molecule has 6 saturated heterocycles. The maximum absolute atomic E-state index is 6.05. The lowest BCUT2D eigenvalue weighted by atomic mass is 9.50. The van der Waals surface area contributed by atoms with Crippen LogP contribution in [0.3, 0.4) is 0 Å². The van der Waals surface area contributed by atoms with Crippen molar-refractivity contribution in [2.24, 2.45) is 22.7 Å². The molecule has 8 aliphatic rings. The third-order valence-electron chi connectivity index (χ3n) is 16.3. The molecule has 8 fully saturated rings. The minimum Gasteiger partial charge on any atom is -0.379 e. The van der Waals surface area contributed by atoms with Crippen molar-refractivity contribution in [3.8, 4) is 0 Å². The van der Waals surface area contributed by atoms with E-state index in [0.717, 1.165) is 25.0 Å². The zero-order chi connectivity index (χ0) is 65.5. The summed E-state index contributed by atoms with van der Waals surface area (Å²) in [6.07, 6.45) is 7.29. The van der Waals surface area contributed by atoms with Crippen LogP contribution >= 0.6 is 0 Å². The van der Waals surface area contributed by atoms with Crippen LogP contribution in [0.1, 0.15) is 214 Å². The zero-order valence-corrected chi connectivity index (χ0v) is 59.5. The Morgan fingerprint density at radius 1 is 0.275 bits per heavy atom. The van der Waals surface area contributed by atoms with E-state index in [1.54, 1.807) is 0 Å². The molecule has 2 saturated carbocycles. The number of hydrogen-bond acceptors (Lipinski definition) is 20. The van der Waals surface area contributed by atoms with E-state index >= 15 is 0 Å². The molecule has 0 spiro atoms. The van der Waals surface area contributed by atoms with E-state index in [1.807, 2.05) is 83.1 Å². The van der Waals surface area contributed by atoms with Gasteiger partial charge in [0.05, 0.1) is 113 Å². The van der Waals surface area contributed by atoms with Crippen LogP contribution in [0.5, 0.6) is 0 Å². The lowest BCUT2D eigenvalue weighted by molar-refractivity contribution is -0.332. The molecular weight excluding hydrogens is 1170 g/mol. The molecule has 20 heteroatoms. The Morgan fingerprint density at radius 2 is 0.495 bits per heavy atom. The minimum absolute atomic E-state index is 0. The van der Waals surface area contributed by atoms with Crippen molar-refractivity contribution in [3.63, 3.8) is 0 Å². The molecule has 0 aromatic carbocycles. The van der Waals surface area contributed by atoms with Crippen LogP contribution in [0.4, 0.5) is 0 Å². The largest absolute Gasteiger partial charge is 0.379 e. The first-order valence-electron chi connectivity index (χ1n) is 33.9. The molecule has 0 aromatic heterocycles. The third kappa shape index (κ3) is 30.5. The van der Waals surface area contributed by atoms with Gasteiger partial charge in [0.2, 0.25) is 0 Å². The highest BCUT2D eigenvalue weighted by Crippen LogP contribution is 2.58. The molecule has 0 aromatic rings. The molecule has 12 atom stereocenters. The fraction of sp³-hybridized carbons (Fsp3) is 1.00. The van der Waals surface area contributed by atoms with E-state index in [-0.39, 0.29) is 195 Å². The minimum atomic E-state index is -0.169. The van der Waals surface area contributed by atoms with E-state index < -0.39 is 0 Å². The number of fused-ring (bicyclic) bond motifs is 2. The van der Waals surface area contributed by atoms with Gasteiger partial charge >= 0.3 is 0 Å². The maximum Gasteiger partial charge on any atom is 0.147 e. The van der Waals surface area contributed by atoms with Crippen molar-refractivity contribution < 1.29 is 94.7 Å². The van der Waals surface area contributed by atoms with Crippen LogP contribution in [0.15, 0.2) is 0 Å². The standard InChI is InChI=1S/2C14H26O6.2C14H28O2.C12H22O4.3CH4/c1-9(2)15-5-11-13-14(20-7-17-11)12(18-8-19-13)6-16-10(3)4;1-9(2)15-5-11-13(19-7-17-11)14-12(18-8-20-14)6-16-10(3)4;1-9(2)15-11-13(5,6)12(14(11,7)8)16-10(3)4;1-11(2)15-9-13-5-7-14(8-6-13)10-16-12(3)4;1-7(2)15-9-5-13-12-10(16-8(3)4)6-14-11(9)12;;;/h2*9-14H,5-8H2,1-4H3;9-12H,1-8H3;11-14H,5-10H2,1-4H3;7-12H,5-6H2,1-4H3;3*1H4/t;;;;9?,10?,11-,12-;;;/m....0.../s1. The first kappa shape index (κ1) is 88.2. The molecule has 0 bridgehead atoms. The van der Waals surface area contributed by atoms with Crippen LogP contribution < -0.4 is 0 Å². The van der Waals surface area contributed by atoms with Crippen LogP contribution in [-0.4, -0.2) is 227 Å². The second-order valence-corrected chi connectivity index (χ2v) is 28.8. The van der Waals surface area contributed by atoms with Gasteiger partial charge in [-0.1, -0.05) is 50.0 Å². The summed E-state index contributed by atoms with van der Waals surface area (Å²) < 4.78 is 114. The van der Waals surface area contributed by atoms with Crippen LogP contribution in [0.25, 0.3) is 0 Å². The Hall–Kier alpha value is -0.800. The van der Waals surface area contributed by atoms with Gasteiger partial charge < -0.3 is 94.7 Å². The summed E-state index contributed by atoms with van der Waals surface area (Å²) in [5.74, 6) is 1.58. The summed E-state index contributed by atoms with van der Waals surface area (Å²) in [5, 5.41) is 0. The Balaban J connectivity index is 0.000000566. The van der Waals surface area contributed by atoms with Crippen molar-refractivity contribution in [2.75, 3.05) is 80.0 Å². The molecule has 20 nitrogen and oxygen atoms in total. The molecule has 6 heterocycles. The fourth-order valence-corrected chi connectivity index (χ4v) is 12.5. The van der Waals surface area contributed by atoms with Gasteiger partial charge in [-0.15, -0.1) is 0 Å². The molecule has 8 rings (SSSR count). The summed E-state index contributed by atoms with van der Waals surface area (Å²) in [6.45, 7) is 56.1. The first-order valence-corrected chi connectivity index (χ1v) is 33.9. The van der Waals surface area contributed by atoms with Gasteiger partial charge in [0.25, 0.3) is 0 Å². The van der Waals surface area contributed by atoms with E-state index in [4.69, 9.17) is 94.7 Å². The molecule has 0 radical (unpaired) electrons. The van der Waals surface area contributed by atoms with Crippen molar-refractivity contribution in [1.29, 1.82) is 0 Å². The Kier molecular flexibility index (Phi) is 42.9. The molecule has 546 valence electrons. The molecule has 91 heavy (non-hydrogen) atoms. The second-order valence-electron chi connectivity index (χ2n) is 28.8. The summed E-state index contributed by atoms with van der Waals surface area (Å²) in [4.78, 5) is 0. The molecule has 0 N–H and O–H groups in total. The monoisotopic (exact) mass is 1320 g/mol. The number of hydrogen-bond donors (Lipinski definition) is 0. The van der Waals surface area contributed by atoms with Crippen LogP contribution in [0, 0.1) is 22.7 Å². The predicted molar refractivity (Wildman–Crippen MR) is 358 cm³/mol. The van der Waals surface area contributed by atoms with Crippen molar-refractivity contribution >= 4 is 0 Å². The van der Waals surface area contributed by atoms with Gasteiger partial charge in [-0.25, -0.2) is 0 Å². The molecule has 6 aliphatic heterocycles. The smallest absolute Gasteiger partial charge is 0.147 e. The summed E-state index contributed by atoms with van der Waals surface area (Å²) in [5.41, 5.74) is 0.218. The SMILES string of the molecule is C.C.C.CC(C)OC1C(C)(C)C(OC(C)C)C1(C)C.CC(C)OC1CO[C@H]2C(OC(C)C)CO[C@@H]12.CC(C)OCC1CCC(COC(C)C)CC1.CC(C)OCC1OCOC1C1OCOC1COC(C)C.CC(C)OCC1OCOC2C(COC(C)C)OCOC12. The zero-order valence-electron chi connectivity index (χ0n) is 59.5. The molecule has 10 unspecified atom stereocenters. The van der Waals surface area contributed by atoms with E-state index in [1.165, 1.54) is 25.7 Å². The Morgan fingerprint density at radius 3 is 0.703 bits per heavy atom. The summed E-state index contributed by atoms with van der Waals surface area (Å²) in [6, 6.07) is 0. The Bertz CT molecular complexity index is 1650. The topological polar surface area (TPSA) is 185 Å². The van der Waals surface area contributed by atoms with Crippen molar-refractivity contribution in [2.45, 2.75) is 361 Å². The fourth-order valence-electron chi connectivity index (χ4n) is 12.5. The second kappa shape index (κ2) is 44.3. The molecule has 0 amide bonds. The quantitative estimate of drug-likeness (QED) is 0.0755. The van der Waals surface area contributed by atoms with Gasteiger partial charge in [-0.05, 0) is 176 Å². The number of ether oxygens (including phenoxy) is 20. The predicted octanol–water partition coefficient (Wildman–Crippen LogP) is 13.2. The average molecular weight is 1320 g/mol. The summed E-state index contributed by atoms with van der Waals surface area (Å²) in [7, 11) is 0. The Labute approximate surface area is 556 Å². The van der Waals surface area contributed by atoms with Gasteiger partial charge in [-0.3, -0.25) is 0 Å². The lowest BCUT2D eigenvalue weighted by Gasteiger charge is -2.63. The highest BCUT2D eigenvalue weighted by Gasteiger charge is 2.64. The van der Waals surface area contributed by atoms with E-state index in [2.05, 4.69) is 83.1 Å². The molecular formula is C71H142O20. The average Bonchev–Trinajstić information content (AvgIpc) is 1.49. The van der Waals surface area contributed by atoms with Gasteiger partial charge in [0, 0.05) is 24.0 Å². The first-order chi connectivity index (χ1) is 41.4. The van der Waals surface area contributed by atoms with Crippen LogP contribution in [-0.2, 0) is 94.7 Å². The summed E-state index contributed by atoms with van der Waals surface area (Å²) >= 11 is 0. The van der Waals surface area contributed by atoms with E-state index in [0.29, 0.717) is 51.8 Å². The van der Waals surface area contributed by atoms with Gasteiger partial charge in [0.1, 0.15) is 100 Å². The highest BCUT2D eigenvalue weighted by molar-refractivity contribution is 5.12. The lowest BCUT2D eigenvalue weighted by Crippen LogP contribution is -2.69. The maximum atomic E-state index is 6.05. The van der Waals surface area contributed by atoms with E-state index in [9.17, 15) is 0 Å².